The van der Waals surface area contributed by atoms with Crippen LogP contribution in [-0.4, -0.2) is 30.3 Å². The predicted octanol–water partition coefficient (Wildman–Crippen LogP) is 3.35. The topological polar surface area (TPSA) is 59.8 Å². The molecular formula is C17H17NO4S. The number of carbonyl (C=O) groups is 2. The summed E-state index contributed by atoms with van der Waals surface area (Å²) in [7, 11) is 0. The molecule has 1 atom stereocenters. The molecule has 0 aliphatic carbocycles. The van der Waals surface area contributed by atoms with Crippen molar-refractivity contribution in [2.24, 2.45) is 0 Å². The first-order valence-corrected chi connectivity index (χ1v) is 8.30. The Balaban J connectivity index is 1.70. The van der Waals surface area contributed by atoms with E-state index in [4.69, 9.17) is 9.15 Å². The van der Waals surface area contributed by atoms with Crippen molar-refractivity contribution in [3.05, 3.63) is 48.4 Å². The van der Waals surface area contributed by atoms with Gasteiger partial charge in [0.1, 0.15) is 0 Å². The van der Waals surface area contributed by atoms with Crippen LogP contribution in [0.25, 0.3) is 0 Å². The standard InChI is InChI=1S/C17H17NO4S/c1-12-8-9-18(13-5-2-3-7-15(13)23-12)16(19)11-22-17(20)14-6-4-10-21-14/h2-7,10,12H,8-9,11H2,1H3. The van der Waals surface area contributed by atoms with Crippen molar-refractivity contribution in [2.75, 3.05) is 18.1 Å². The zero-order valence-electron chi connectivity index (χ0n) is 12.7. The Kier molecular flexibility index (Phi) is 4.71. The summed E-state index contributed by atoms with van der Waals surface area (Å²) < 4.78 is 10.0. The number of nitrogens with zero attached hydrogens (tertiary/aromatic N) is 1. The first-order valence-electron chi connectivity index (χ1n) is 7.42. The third-order valence-electron chi connectivity index (χ3n) is 3.59. The smallest absolute Gasteiger partial charge is 0.374 e. The third kappa shape index (κ3) is 3.59. The molecule has 6 heteroatoms. The fourth-order valence-electron chi connectivity index (χ4n) is 2.42. The van der Waals surface area contributed by atoms with Crippen LogP contribution >= 0.6 is 11.8 Å². The van der Waals surface area contributed by atoms with E-state index in [1.54, 1.807) is 22.7 Å². The Morgan fingerprint density at radius 3 is 2.91 bits per heavy atom. The molecule has 1 unspecified atom stereocenters. The SMILES string of the molecule is CC1CCN(C(=O)COC(=O)c2ccco2)c2ccccc2S1. The lowest BCUT2D eigenvalue weighted by atomic mass is 10.2. The number of amides is 1. The van der Waals surface area contributed by atoms with E-state index in [1.807, 2.05) is 24.3 Å². The van der Waals surface area contributed by atoms with Gasteiger partial charge in [-0.1, -0.05) is 19.1 Å². The molecule has 1 amide bonds. The molecule has 1 aromatic heterocycles. The molecule has 120 valence electrons. The number of benzene rings is 1. The minimum Gasteiger partial charge on any atom is -0.457 e. The van der Waals surface area contributed by atoms with Crippen molar-refractivity contribution < 1.29 is 18.7 Å². The fourth-order valence-corrected chi connectivity index (χ4v) is 3.53. The minimum absolute atomic E-state index is 0.0956. The fraction of sp³-hybridized carbons (Fsp3) is 0.294. The quantitative estimate of drug-likeness (QED) is 0.807. The summed E-state index contributed by atoms with van der Waals surface area (Å²) in [5.41, 5.74) is 0.876. The first-order chi connectivity index (χ1) is 11.1. The zero-order chi connectivity index (χ0) is 16.2. The number of fused-ring (bicyclic) bond motifs is 1. The molecule has 2 heterocycles. The average Bonchev–Trinajstić information content (AvgIpc) is 3.03. The lowest BCUT2D eigenvalue weighted by Gasteiger charge is -2.22. The number of para-hydroxylation sites is 1. The number of carbonyl (C=O) groups excluding carboxylic acids is 2. The molecule has 0 bridgehead atoms. The molecule has 0 radical (unpaired) electrons. The molecule has 0 fully saturated rings. The van der Waals surface area contributed by atoms with Gasteiger partial charge in [-0.2, -0.15) is 0 Å². The maximum absolute atomic E-state index is 12.5. The van der Waals surface area contributed by atoms with Crippen LogP contribution in [0.3, 0.4) is 0 Å². The molecule has 1 aromatic carbocycles. The molecule has 0 saturated carbocycles. The van der Waals surface area contributed by atoms with Crippen LogP contribution in [0.2, 0.25) is 0 Å². The minimum atomic E-state index is -0.630. The molecule has 0 spiro atoms. The normalized spacial score (nSPS) is 17.3. The summed E-state index contributed by atoms with van der Waals surface area (Å²) in [6.45, 7) is 2.46. The van der Waals surface area contributed by atoms with Gasteiger partial charge in [-0.15, -0.1) is 11.8 Å². The summed E-state index contributed by atoms with van der Waals surface area (Å²) >= 11 is 1.76. The Labute approximate surface area is 138 Å². The molecule has 23 heavy (non-hydrogen) atoms. The van der Waals surface area contributed by atoms with Gasteiger partial charge in [-0.25, -0.2) is 4.79 Å². The number of ether oxygens (including phenoxy) is 1. The van der Waals surface area contributed by atoms with Crippen LogP contribution < -0.4 is 4.90 Å². The monoisotopic (exact) mass is 331 g/mol. The summed E-state index contributed by atoms with van der Waals surface area (Å²) in [4.78, 5) is 27.0. The molecule has 2 aromatic rings. The molecule has 3 rings (SSSR count). The van der Waals surface area contributed by atoms with Crippen LogP contribution in [0.1, 0.15) is 23.9 Å². The van der Waals surface area contributed by atoms with Gasteiger partial charge in [0.05, 0.1) is 12.0 Å². The number of thioether (sulfide) groups is 1. The van der Waals surface area contributed by atoms with E-state index in [2.05, 4.69) is 6.92 Å². The second kappa shape index (κ2) is 6.91. The highest BCUT2D eigenvalue weighted by molar-refractivity contribution is 8.00. The van der Waals surface area contributed by atoms with E-state index < -0.39 is 5.97 Å². The highest BCUT2D eigenvalue weighted by Crippen LogP contribution is 2.37. The van der Waals surface area contributed by atoms with E-state index in [0.29, 0.717) is 11.8 Å². The molecule has 0 N–H and O–H groups in total. The van der Waals surface area contributed by atoms with Gasteiger partial charge >= 0.3 is 5.97 Å². The summed E-state index contributed by atoms with van der Waals surface area (Å²) in [6.07, 6.45) is 2.28. The van der Waals surface area contributed by atoms with Crippen molar-refractivity contribution in [2.45, 2.75) is 23.5 Å². The number of esters is 1. The van der Waals surface area contributed by atoms with Crippen LogP contribution in [0, 0.1) is 0 Å². The van der Waals surface area contributed by atoms with E-state index in [9.17, 15) is 9.59 Å². The van der Waals surface area contributed by atoms with Crippen LogP contribution in [0.4, 0.5) is 5.69 Å². The molecule has 5 nitrogen and oxygen atoms in total. The molecular weight excluding hydrogens is 314 g/mol. The largest absolute Gasteiger partial charge is 0.457 e. The Bertz CT molecular complexity index is 698. The van der Waals surface area contributed by atoms with Crippen molar-refractivity contribution in [1.29, 1.82) is 0 Å². The highest BCUT2D eigenvalue weighted by Gasteiger charge is 2.25. The average molecular weight is 331 g/mol. The van der Waals surface area contributed by atoms with Crippen LogP contribution in [-0.2, 0) is 9.53 Å². The highest BCUT2D eigenvalue weighted by atomic mass is 32.2. The van der Waals surface area contributed by atoms with E-state index in [1.165, 1.54) is 12.3 Å². The zero-order valence-corrected chi connectivity index (χ0v) is 13.5. The lowest BCUT2D eigenvalue weighted by Crippen LogP contribution is -2.35. The van der Waals surface area contributed by atoms with Crippen molar-refractivity contribution in [3.8, 4) is 0 Å². The summed E-state index contributed by atoms with van der Waals surface area (Å²) in [5.74, 6) is -0.764. The van der Waals surface area contributed by atoms with E-state index >= 15 is 0 Å². The van der Waals surface area contributed by atoms with E-state index in [0.717, 1.165) is 17.0 Å². The number of anilines is 1. The number of rotatable bonds is 3. The van der Waals surface area contributed by atoms with Crippen LogP contribution in [0.5, 0.6) is 0 Å². The van der Waals surface area contributed by atoms with Gasteiger partial charge in [0.15, 0.2) is 6.61 Å². The summed E-state index contributed by atoms with van der Waals surface area (Å²) in [6, 6.07) is 10.9. The Hall–Kier alpha value is -2.21. The number of furan rings is 1. The maximum Gasteiger partial charge on any atom is 0.374 e. The van der Waals surface area contributed by atoms with Crippen LogP contribution in [0.15, 0.2) is 52.0 Å². The second-order valence-corrected chi connectivity index (χ2v) is 6.76. The molecule has 0 saturated heterocycles. The third-order valence-corrected chi connectivity index (χ3v) is 4.83. The Morgan fingerprint density at radius 1 is 1.30 bits per heavy atom. The number of hydrogen-bond acceptors (Lipinski definition) is 5. The second-order valence-electron chi connectivity index (χ2n) is 5.28. The number of hydrogen-bond donors (Lipinski definition) is 0. The van der Waals surface area contributed by atoms with Gasteiger partial charge < -0.3 is 14.1 Å². The van der Waals surface area contributed by atoms with Gasteiger partial charge in [0.2, 0.25) is 5.76 Å². The van der Waals surface area contributed by atoms with Gasteiger partial charge in [0.25, 0.3) is 5.91 Å². The van der Waals surface area contributed by atoms with Gasteiger partial charge in [-0.05, 0) is 30.7 Å². The Morgan fingerprint density at radius 2 is 2.13 bits per heavy atom. The summed E-state index contributed by atoms with van der Waals surface area (Å²) in [5, 5.41) is 0.430. The maximum atomic E-state index is 12.5. The molecule has 1 aliphatic heterocycles. The van der Waals surface area contributed by atoms with Gasteiger partial charge in [0, 0.05) is 16.7 Å². The van der Waals surface area contributed by atoms with Crippen molar-refractivity contribution in [3.63, 3.8) is 0 Å². The van der Waals surface area contributed by atoms with Crippen molar-refractivity contribution >= 4 is 29.3 Å². The predicted molar refractivity (Wildman–Crippen MR) is 87.7 cm³/mol. The molecule has 1 aliphatic rings. The van der Waals surface area contributed by atoms with Crippen molar-refractivity contribution in [1.82, 2.24) is 0 Å². The first kappa shape index (κ1) is 15.7. The van der Waals surface area contributed by atoms with E-state index in [-0.39, 0.29) is 18.3 Å². The van der Waals surface area contributed by atoms with Gasteiger partial charge in [-0.3, -0.25) is 4.79 Å². The lowest BCUT2D eigenvalue weighted by molar-refractivity contribution is -0.121.